The molecule has 17 heavy (non-hydrogen) atoms. The lowest BCUT2D eigenvalue weighted by molar-refractivity contribution is 0.277. The summed E-state index contributed by atoms with van der Waals surface area (Å²) in [5, 5.41) is 3.39. The summed E-state index contributed by atoms with van der Waals surface area (Å²) in [6, 6.07) is 0. The largest absolute Gasteiger partial charge is 0.317 e. The van der Waals surface area contributed by atoms with Crippen LogP contribution in [0.15, 0.2) is 0 Å². The molecule has 0 bridgehead atoms. The smallest absolute Gasteiger partial charge is 0.0116 e. The van der Waals surface area contributed by atoms with Crippen molar-refractivity contribution in [3.05, 3.63) is 0 Å². The number of hydrogen-bond donors (Lipinski definition) is 1. The van der Waals surface area contributed by atoms with Gasteiger partial charge in [-0.3, -0.25) is 0 Å². The quantitative estimate of drug-likeness (QED) is 0.707. The Hall–Kier alpha value is 0.270. The van der Waals surface area contributed by atoms with Gasteiger partial charge in [0.2, 0.25) is 0 Å². The van der Waals surface area contributed by atoms with Crippen molar-refractivity contribution in [2.24, 2.45) is 0 Å². The number of unbranched alkanes of at least 4 members (excludes halogenated alkanes) is 2. The summed E-state index contributed by atoms with van der Waals surface area (Å²) in [5.41, 5.74) is 0. The first-order valence-corrected chi connectivity index (χ1v) is 8.19. The van der Waals surface area contributed by atoms with Gasteiger partial charge in [0, 0.05) is 17.0 Å². The zero-order chi connectivity index (χ0) is 12.6. The molecule has 1 rings (SSSR count). The highest BCUT2D eigenvalue weighted by Gasteiger charge is 2.23. The minimum absolute atomic E-state index is 0.500. The van der Waals surface area contributed by atoms with Crippen molar-refractivity contribution >= 4 is 11.8 Å². The third-order valence-electron chi connectivity index (χ3n) is 3.51. The van der Waals surface area contributed by atoms with Crippen LogP contribution in [0.2, 0.25) is 0 Å². The fourth-order valence-corrected chi connectivity index (χ4v) is 3.36. The summed E-state index contributed by atoms with van der Waals surface area (Å²) in [6.45, 7) is 13.2. The van der Waals surface area contributed by atoms with Crippen LogP contribution in [0.4, 0.5) is 0 Å². The van der Waals surface area contributed by atoms with E-state index in [0.29, 0.717) is 4.75 Å². The molecule has 0 aromatic heterocycles. The molecule has 0 radical (unpaired) electrons. The molecule has 3 heteroatoms. The van der Waals surface area contributed by atoms with Gasteiger partial charge < -0.3 is 10.2 Å². The van der Waals surface area contributed by atoms with Crippen LogP contribution in [0, 0.1) is 0 Å². The summed E-state index contributed by atoms with van der Waals surface area (Å²) in [4.78, 5) is 2.66. The molecule has 0 saturated carbocycles. The molecular formula is C14H30N2S. The molecular weight excluding hydrogens is 228 g/mol. The summed E-state index contributed by atoms with van der Waals surface area (Å²) in [6.07, 6.45) is 5.42. The first kappa shape index (κ1) is 15.3. The van der Waals surface area contributed by atoms with Crippen LogP contribution in [-0.2, 0) is 0 Å². The minimum atomic E-state index is 0.500. The third-order valence-corrected chi connectivity index (χ3v) is 4.88. The van der Waals surface area contributed by atoms with Crippen molar-refractivity contribution in [2.75, 3.05) is 38.5 Å². The molecule has 1 aliphatic heterocycles. The second-order valence-corrected chi connectivity index (χ2v) is 7.42. The Morgan fingerprint density at radius 3 is 2.76 bits per heavy atom. The molecule has 102 valence electrons. The van der Waals surface area contributed by atoms with Crippen molar-refractivity contribution in [3.8, 4) is 0 Å². The van der Waals surface area contributed by atoms with Gasteiger partial charge in [0.1, 0.15) is 0 Å². The Bertz CT molecular complexity index is 195. The van der Waals surface area contributed by atoms with Crippen molar-refractivity contribution in [1.82, 2.24) is 10.2 Å². The zero-order valence-electron chi connectivity index (χ0n) is 11.9. The SMILES string of the molecule is CCNCCCCCN1CCSC(C)(C)CC1. The van der Waals surface area contributed by atoms with E-state index in [4.69, 9.17) is 0 Å². The molecule has 0 aliphatic carbocycles. The van der Waals surface area contributed by atoms with Crippen molar-refractivity contribution in [1.29, 1.82) is 0 Å². The van der Waals surface area contributed by atoms with Gasteiger partial charge in [-0.05, 0) is 45.4 Å². The molecule has 2 nitrogen and oxygen atoms in total. The minimum Gasteiger partial charge on any atom is -0.317 e. The van der Waals surface area contributed by atoms with Crippen LogP contribution in [0.3, 0.4) is 0 Å². The lowest BCUT2D eigenvalue weighted by atomic mass is 10.1. The molecule has 1 heterocycles. The van der Waals surface area contributed by atoms with E-state index in [1.54, 1.807) is 0 Å². The maximum absolute atomic E-state index is 3.39. The third kappa shape index (κ3) is 7.32. The Morgan fingerprint density at radius 1 is 1.18 bits per heavy atom. The highest BCUT2D eigenvalue weighted by atomic mass is 32.2. The first-order chi connectivity index (χ1) is 8.14. The van der Waals surface area contributed by atoms with Crippen molar-refractivity contribution in [2.45, 2.75) is 51.2 Å². The van der Waals surface area contributed by atoms with Gasteiger partial charge in [-0.2, -0.15) is 11.8 Å². The standard InChI is InChI=1S/C14H30N2S/c1-4-15-9-6-5-7-10-16-11-8-14(2,3)17-13-12-16/h15H,4-13H2,1-3H3. The van der Waals surface area contributed by atoms with E-state index in [1.165, 1.54) is 57.6 Å². The Labute approximate surface area is 112 Å². The molecule has 0 atom stereocenters. The number of nitrogens with zero attached hydrogens (tertiary/aromatic N) is 1. The van der Waals surface area contributed by atoms with E-state index in [2.05, 4.69) is 42.7 Å². The van der Waals surface area contributed by atoms with Crippen molar-refractivity contribution < 1.29 is 0 Å². The summed E-state index contributed by atoms with van der Waals surface area (Å²) in [5.74, 6) is 1.31. The van der Waals surface area contributed by atoms with E-state index in [-0.39, 0.29) is 0 Å². The van der Waals surface area contributed by atoms with Gasteiger partial charge in [0.25, 0.3) is 0 Å². The van der Waals surface area contributed by atoms with Gasteiger partial charge in [-0.25, -0.2) is 0 Å². The van der Waals surface area contributed by atoms with Crippen LogP contribution in [0.1, 0.15) is 46.5 Å². The van der Waals surface area contributed by atoms with E-state index in [1.807, 2.05) is 0 Å². The van der Waals surface area contributed by atoms with Gasteiger partial charge in [-0.15, -0.1) is 0 Å². The lowest BCUT2D eigenvalue weighted by Crippen LogP contribution is -2.28. The fourth-order valence-electron chi connectivity index (χ4n) is 2.22. The van der Waals surface area contributed by atoms with E-state index in [9.17, 15) is 0 Å². The molecule has 0 aromatic carbocycles. The van der Waals surface area contributed by atoms with Gasteiger partial charge in [0.15, 0.2) is 0 Å². The zero-order valence-corrected chi connectivity index (χ0v) is 12.7. The molecule has 0 aromatic rings. The van der Waals surface area contributed by atoms with Crippen LogP contribution >= 0.6 is 11.8 Å². The van der Waals surface area contributed by atoms with Gasteiger partial charge in [0.05, 0.1) is 0 Å². The maximum atomic E-state index is 3.39. The average molecular weight is 258 g/mol. The first-order valence-electron chi connectivity index (χ1n) is 7.21. The van der Waals surface area contributed by atoms with Crippen LogP contribution < -0.4 is 5.32 Å². The van der Waals surface area contributed by atoms with E-state index < -0.39 is 0 Å². The fraction of sp³-hybridized carbons (Fsp3) is 1.00. The number of rotatable bonds is 7. The molecule has 1 aliphatic rings. The molecule has 1 N–H and O–H groups in total. The average Bonchev–Trinajstić information content (AvgIpc) is 2.45. The Balaban J connectivity index is 2.03. The maximum Gasteiger partial charge on any atom is 0.0116 e. The number of thioether (sulfide) groups is 1. The molecule has 0 spiro atoms. The second-order valence-electron chi connectivity index (χ2n) is 5.61. The number of hydrogen-bond acceptors (Lipinski definition) is 3. The van der Waals surface area contributed by atoms with Crippen molar-refractivity contribution in [3.63, 3.8) is 0 Å². The molecule has 0 unspecified atom stereocenters. The normalized spacial score (nSPS) is 21.4. The van der Waals surface area contributed by atoms with Gasteiger partial charge >= 0.3 is 0 Å². The topological polar surface area (TPSA) is 15.3 Å². The van der Waals surface area contributed by atoms with Gasteiger partial charge in [-0.1, -0.05) is 27.2 Å². The lowest BCUT2D eigenvalue weighted by Gasteiger charge is -2.22. The predicted octanol–water partition coefficient (Wildman–Crippen LogP) is 2.98. The van der Waals surface area contributed by atoms with E-state index in [0.717, 1.165) is 6.54 Å². The van der Waals surface area contributed by atoms with Crippen LogP contribution in [-0.4, -0.2) is 48.1 Å². The van der Waals surface area contributed by atoms with Crippen LogP contribution in [0.5, 0.6) is 0 Å². The Kier molecular flexibility index (Phi) is 7.56. The summed E-state index contributed by atoms with van der Waals surface area (Å²) < 4.78 is 0.500. The second kappa shape index (κ2) is 8.39. The molecule has 1 fully saturated rings. The Morgan fingerprint density at radius 2 is 2.00 bits per heavy atom. The molecule has 0 amide bonds. The highest BCUT2D eigenvalue weighted by Crippen LogP contribution is 2.30. The number of nitrogens with one attached hydrogen (secondary N) is 1. The van der Waals surface area contributed by atoms with Crippen LogP contribution in [0.25, 0.3) is 0 Å². The molecule has 1 saturated heterocycles. The van der Waals surface area contributed by atoms with E-state index >= 15 is 0 Å². The highest BCUT2D eigenvalue weighted by molar-refractivity contribution is 8.00. The summed E-state index contributed by atoms with van der Waals surface area (Å²) in [7, 11) is 0. The monoisotopic (exact) mass is 258 g/mol. The predicted molar refractivity (Wildman–Crippen MR) is 80.0 cm³/mol. The summed E-state index contributed by atoms with van der Waals surface area (Å²) >= 11 is 2.14.